The van der Waals surface area contributed by atoms with Gasteiger partial charge in [-0.25, -0.2) is 0 Å². The molecule has 1 heterocycles. The van der Waals surface area contributed by atoms with Crippen LogP contribution in [0, 0.1) is 5.41 Å². The van der Waals surface area contributed by atoms with Gasteiger partial charge in [-0.15, -0.1) is 0 Å². The first-order chi connectivity index (χ1) is 10.7. The van der Waals surface area contributed by atoms with Gasteiger partial charge in [0, 0.05) is 0 Å². The molecule has 0 bridgehead atoms. The van der Waals surface area contributed by atoms with Crippen molar-refractivity contribution in [2.24, 2.45) is 5.41 Å². The predicted octanol–water partition coefficient (Wildman–Crippen LogP) is 6.24. The van der Waals surface area contributed by atoms with Crippen molar-refractivity contribution in [2.45, 2.75) is 51.0 Å². The monoisotopic (exact) mass is 389 g/mol. The second-order valence-electron chi connectivity index (χ2n) is 7.40. The van der Waals surface area contributed by atoms with E-state index in [1.807, 2.05) is 0 Å². The molecule has 2 atom stereocenters. The Morgan fingerprint density at radius 2 is 1.87 bits per heavy atom. The van der Waals surface area contributed by atoms with Gasteiger partial charge in [-0.2, -0.15) is 0 Å². The molecule has 1 fully saturated rings. The van der Waals surface area contributed by atoms with E-state index in [1.54, 1.807) is 0 Å². The first kappa shape index (κ1) is 17.6. The van der Waals surface area contributed by atoms with Crippen LogP contribution in [0.3, 0.4) is 0 Å². The molecule has 1 aromatic rings. The Hall–Kier alpha value is -0.228. The Morgan fingerprint density at radius 3 is 2.35 bits per heavy atom. The molecule has 0 spiro atoms. The molecule has 1 aliphatic carbocycles. The van der Waals surface area contributed by atoms with Crippen molar-refractivity contribution in [1.29, 1.82) is 0 Å². The van der Waals surface area contributed by atoms with Crippen LogP contribution < -0.4 is 0 Å². The summed E-state index contributed by atoms with van der Waals surface area (Å²) in [6.45, 7) is 9.05. The molecule has 1 aliphatic heterocycles. The van der Waals surface area contributed by atoms with Crippen LogP contribution in [-0.4, -0.2) is 9.93 Å². The Morgan fingerprint density at radius 1 is 1.22 bits per heavy atom. The Kier molecular flexibility index (Phi) is 4.54. The standard InChI is InChI=1S/C19H25N.2ClH.Cr/c1-15(2)20-18(16-10-6-5-7-11-16)14-19(3,4)17-12-8-9-13-17;;;/h5-12,15H,13-14H2,1-4H3;2*1H;/q-1;;;+3/p-2. The fourth-order valence-electron chi connectivity index (χ4n) is 3.87. The molecule has 126 valence electrons. The van der Waals surface area contributed by atoms with Crippen LogP contribution in [0.25, 0.3) is 0 Å². The Balaban J connectivity index is 2.02. The number of allylic oxidation sites excluding steroid dienone is 4. The molecular weight excluding hydrogens is 365 g/mol. The summed E-state index contributed by atoms with van der Waals surface area (Å²) in [4.78, 5) is 0. The number of rotatable bonds is 5. The first-order valence-corrected chi connectivity index (χ1v) is 12.9. The van der Waals surface area contributed by atoms with Gasteiger partial charge in [0.1, 0.15) is 0 Å². The molecule has 4 heteroatoms. The minimum atomic E-state index is -2.71. The number of halogens is 2. The van der Waals surface area contributed by atoms with Gasteiger partial charge in [0.15, 0.2) is 0 Å². The van der Waals surface area contributed by atoms with Crippen LogP contribution in [0.5, 0.6) is 0 Å². The summed E-state index contributed by atoms with van der Waals surface area (Å²) in [5.74, 6) is 0. The van der Waals surface area contributed by atoms with Crippen molar-refractivity contribution >= 4 is 20.1 Å². The first-order valence-electron chi connectivity index (χ1n) is 8.17. The van der Waals surface area contributed by atoms with E-state index in [9.17, 15) is 0 Å². The zero-order valence-electron chi connectivity index (χ0n) is 14.2. The molecule has 0 amide bonds. The summed E-state index contributed by atoms with van der Waals surface area (Å²) < 4.78 is 2.22. The minimum absolute atomic E-state index is 0.0788. The maximum absolute atomic E-state index is 6.98. The quantitative estimate of drug-likeness (QED) is 0.538. The fourth-order valence-corrected chi connectivity index (χ4v) is 12.5. The number of nitrogens with zero attached hydrogens (tertiary/aromatic N) is 1. The van der Waals surface area contributed by atoms with E-state index in [0.29, 0.717) is 6.04 Å². The van der Waals surface area contributed by atoms with Gasteiger partial charge in [0.05, 0.1) is 0 Å². The molecule has 23 heavy (non-hydrogen) atoms. The van der Waals surface area contributed by atoms with E-state index < -0.39 is 11.5 Å². The Bertz CT molecular complexity index is 649. The average Bonchev–Trinajstić information content (AvgIpc) is 2.87. The van der Waals surface area contributed by atoms with Gasteiger partial charge in [-0.3, -0.25) is 0 Å². The predicted molar refractivity (Wildman–Crippen MR) is 97.0 cm³/mol. The van der Waals surface area contributed by atoms with Crippen LogP contribution in [-0.2, 0) is 15.9 Å². The third-order valence-electron chi connectivity index (χ3n) is 4.99. The molecule has 1 aromatic carbocycles. The summed E-state index contributed by atoms with van der Waals surface area (Å²) in [6.07, 6.45) is 8.66. The van der Waals surface area contributed by atoms with Crippen LogP contribution >= 0.6 is 20.1 Å². The summed E-state index contributed by atoms with van der Waals surface area (Å²) in [5.41, 5.74) is 2.83. The van der Waals surface area contributed by atoms with Crippen LogP contribution in [0.1, 0.15) is 46.1 Å². The molecule has 1 nitrogen and oxygen atoms in total. The van der Waals surface area contributed by atoms with E-state index in [2.05, 4.69) is 80.1 Å². The molecule has 0 aromatic heterocycles. The van der Waals surface area contributed by atoms with E-state index >= 15 is 0 Å². The topological polar surface area (TPSA) is 3.01 Å². The normalized spacial score (nSPS) is 30.4. The van der Waals surface area contributed by atoms with E-state index in [-0.39, 0.29) is 9.82 Å². The van der Waals surface area contributed by atoms with Gasteiger partial charge in [0.2, 0.25) is 0 Å². The number of hydrogen-bond donors (Lipinski definition) is 0. The fraction of sp³-hybridized carbons (Fsp3) is 0.474. The van der Waals surface area contributed by atoms with Crippen molar-refractivity contribution in [3.63, 3.8) is 0 Å². The zero-order chi connectivity index (χ0) is 16.9. The van der Waals surface area contributed by atoms with Crippen LogP contribution in [0.15, 0.2) is 54.1 Å². The molecule has 2 aliphatic rings. The average molecular weight is 390 g/mol. The molecule has 0 saturated carbocycles. The second kappa shape index (κ2) is 5.94. The van der Waals surface area contributed by atoms with Gasteiger partial charge in [-0.05, 0) is 0 Å². The summed E-state index contributed by atoms with van der Waals surface area (Å²) in [7, 11) is 14.0. The van der Waals surface area contributed by atoms with E-state index in [4.69, 9.17) is 20.1 Å². The number of benzene rings is 1. The third-order valence-corrected chi connectivity index (χ3v) is 12.1. The molecular formula is C19H25Cl2CrN. The van der Waals surface area contributed by atoms with Crippen molar-refractivity contribution < 1.29 is 11.5 Å². The molecule has 3 rings (SSSR count). The molecule has 2 unspecified atom stereocenters. The SMILES string of the molecule is CC(C)[N]1[C](CC(C)(C)C2=CC=CC2)(c2ccccc2)[Cr]1([Cl])[Cl]. The van der Waals surface area contributed by atoms with Crippen molar-refractivity contribution in [3.8, 4) is 0 Å². The summed E-state index contributed by atoms with van der Waals surface area (Å²) in [5, 5.41) is 0. The van der Waals surface area contributed by atoms with Gasteiger partial charge >= 0.3 is 152 Å². The van der Waals surface area contributed by atoms with Gasteiger partial charge < -0.3 is 0 Å². The van der Waals surface area contributed by atoms with Gasteiger partial charge in [0.25, 0.3) is 0 Å². The second-order valence-corrected chi connectivity index (χ2v) is 14.8. The van der Waals surface area contributed by atoms with Gasteiger partial charge in [-0.1, -0.05) is 0 Å². The number of hydrogen-bond acceptors (Lipinski definition) is 1. The summed E-state index contributed by atoms with van der Waals surface area (Å²) in [6, 6.07) is 11.0. The van der Waals surface area contributed by atoms with E-state index in [1.165, 1.54) is 11.1 Å². The van der Waals surface area contributed by atoms with Crippen LogP contribution in [0.2, 0.25) is 0 Å². The van der Waals surface area contributed by atoms with Crippen molar-refractivity contribution in [1.82, 2.24) is 3.88 Å². The zero-order valence-corrected chi connectivity index (χ0v) is 17.0. The van der Waals surface area contributed by atoms with Crippen LogP contribution in [0.4, 0.5) is 0 Å². The summed E-state index contributed by atoms with van der Waals surface area (Å²) >= 11 is -2.71. The molecule has 0 radical (unpaired) electrons. The molecule has 0 N–H and O–H groups in total. The van der Waals surface area contributed by atoms with Crippen molar-refractivity contribution in [3.05, 3.63) is 59.7 Å². The van der Waals surface area contributed by atoms with Crippen molar-refractivity contribution in [2.75, 3.05) is 0 Å². The van der Waals surface area contributed by atoms with E-state index in [0.717, 1.165) is 12.8 Å². The third kappa shape index (κ3) is 2.74. The molecule has 1 saturated heterocycles. The maximum atomic E-state index is 6.98. The Labute approximate surface area is 151 Å².